The van der Waals surface area contributed by atoms with Crippen molar-refractivity contribution in [1.29, 1.82) is 0 Å². The molecule has 1 amide bonds. The molecular formula is C10H12ClN3OS. The topological polar surface area (TPSA) is 54.0 Å². The van der Waals surface area contributed by atoms with Gasteiger partial charge >= 0.3 is 0 Å². The number of carbonyl (C=O) groups is 1. The van der Waals surface area contributed by atoms with Gasteiger partial charge in [-0.25, -0.2) is 4.98 Å². The molecule has 2 bridgehead atoms. The quantitative estimate of drug-likeness (QED) is 0.839. The lowest BCUT2D eigenvalue weighted by atomic mass is 10.0. The number of hydrogen-bond acceptors (Lipinski definition) is 4. The Morgan fingerprint density at radius 3 is 3.06 bits per heavy atom. The van der Waals surface area contributed by atoms with Crippen LogP contribution in [0.25, 0.3) is 0 Å². The van der Waals surface area contributed by atoms with Crippen molar-refractivity contribution >= 4 is 28.8 Å². The predicted molar refractivity (Wildman–Crippen MR) is 62.9 cm³/mol. The van der Waals surface area contributed by atoms with E-state index in [9.17, 15) is 4.79 Å². The van der Waals surface area contributed by atoms with E-state index in [4.69, 9.17) is 11.6 Å². The number of carbonyl (C=O) groups excluding carboxylic acids is 1. The Morgan fingerprint density at radius 2 is 2.50 bits per heavy atom. The number of halogens is 1. The van der Waals surface area contributed by atoms with Crippen molar-refractivity contribution in [2.45, 2.75) is 24.9 Å². The maximum atomic E-state index is 11.8. The van der Waals surface area contributed by atoms with Gasteiger partial charge in [-0.15, -0.1) is 0 Å². The maximum Gasteiger partial charge on any atom is 0.280 e. The molecule has 1 saturated heterocycles. The van der Waals surface area contributed by atoms with Crippen LogP contribution in [0, 0.1) is 5.92 Å². The average molecular weight is 258 g/mol. The van der Waals surface area contributed by atoms with Crippen molar-refractivity contribution in [2.75, 3.05) is 6.54 Å². The number of nitrogens with zero attached hydrogens (tertiary/aromatic N) is 1. The molecule has 16 heavy (non-hydrogen) atoms. The van der Waals surface area contributed by atoms with E-state index < -0.39 is 0 Å². The first-order valence-electron chi connectivity index (χ1n) is 5.38. The first kappa shape index (κ1) is 10.5. The summed E-state index contributed by atoms with van der Waals surface area (Å²) in [6.45, 7) is 1.02. The smallest absolute Gasteiger partial charge is 0.280 e. The number of aromatic nitrogens is 1. The molecule has 2 aliphatic rings. The molecular weight excluding hydrogens is 246 g/mol. The van der Waals surface area contributed by atoms with Crippen molar-refractivity contribution in [3.05, 3.63) is 15.5 Å². The van der Waals surface area contributed by atoms with Crippen molar-refractivity contribution < 1.29 is 4.79 Å². The van der Waals surface area contributed by atoms with E-state index in [1.54, 1.807) is 0 Å². The molecule has 1 aliphatic heterocycles. The molecule has 3 rings (SSSR count). The normalized spacial score (nSPS) is 31.9. The molecule has 2 N–H and O–H groups in total. The number of piperidine rings is 1. The van der Waals surface area contributed by atoms with Crippen LogP contribution in [0.1, 0.15) is 22.6 Å². The highest BCUT2D eigenvalue weighted by Gasteiger charge is 2.40. The van der Waals surface area contributed by atoms with E-state index in [0.29, 0.717) is 27.3 Å². The second-order valence-corrected chi connectivity index (χ2v) is 6.05. The first-order valence-corrected chi connectivity index (χ1v) is 6.57. The molecule has 3 atom stereocenters. The number of fused-ring (bicyclic) bond motifs is 2. The number of hydrogen-bond donors (Lipinski definition) is 2. The Labute approximate surface area is 102 Å². The van der Waals surface area contributed by atoms with E-state index in [-0.39, 0.29) is 5.91 Å². The van der Waals surface area contributed by atoms with Crippen LogP contribution in [0.2, 0.25) is 4.34 Å². The average Bonchev–Trinajstić information content (AvgIpc) is 2.92. The minimum Gasteiger partial charge on any atom is -0.347 e. The van der Waals surface area contributed by atoms with Crippen LogP contribution in [0.15, 0.2) is 6.20 Å². The molecule has 2 fully saturated rings. The fourth-order valence-corrected chi connectivity index (χ4v) is 3.42. The summed E-state index contributed by atoms with van der Waals surface area (Å²) in [6.07, 6.45) is 3.74. The summed E-state index contributed by atoms with van der Waals surface area (Å²) in [7, 11) is 0. The Bertz CT molecular complexity index is 422. The van der Waals surface area contributed by atoms with E-state index in [0.717, 1.165) is 13.0 Å². The molecule has 0 unspecified atom stereocenters. The van der Waals surface area contributed by atoms with Crippen molar-refractivity contribution in [3.8, 4) is 0 Å². The fourth-order valence-electron chi connectivity index (χ4n) is 2.60. The predicted octanol–water partition coefficient (Wildman–Crippen LogP) is 1.28. The second kappa shape index (κ2) is 3.98. The van der Waals surface area contributed by atoms with Gasteiger partial charge in [-0.3, -0.25) is 4.79 Å². The standard InChI is InChI=1S/C10H12ClN3OS/c11-8-4-13-10(16-8)9(15)14-7-2-6-1-5(7)3-12-6/h4-7,12H,1-3H2,(H,14,15)/t5-,6-,7+/m1/s1. The van der Waals surface area contributed by atoms with Gasteiger partial charge < -0.3 is 10.6 Å². The van der Waals surface area contributed by atoms with Gasteiger partial charge in [-0.2, -0.15) is 0 Å². The van der Waals surface area contributed by atoms with Gasteiger partial charge in [-0.05, 0) is 18.8 Å². The molecule has 6 heteroatoms. The van der Waals surface area contributed by atoms with Crippen LogP contribution in [-0.4, -0.2) is 29.5 Å². The minimum atomic E-state index is -0.0885. The van der Waals surface area contributed by atoms with Crippen molar-refractivity contribution in [3.63, 3.8) is 0 Å². The summed E-state index contributed by atoms with van der Waals surface area (Å²) < 4.78 is 0.555. The summed E-state index contributed by atoms with van der Waals surface area (Å²) in [5, 5.41) is 6.93. The van der Waals surface area contributed by atoms with E-state index in [2.05, 4.69) is 15.6 Å². The number of amides is 1. The molecule has 0 aromatic carbocycles. The highest BCUT2D eigenvalue weighted by Crippen LogP contribution is 2.31. The van der Waals surface area contributed by atoms with Gasteiger partial charge in [0.05, 0.1) is 6.20 Å². The zero-order chi connectivity index (χ0) is 11.1. The summed E-state index contributed by atoms with van der Waals surface area (Å²) in [6, 6.07) is 0.900. The van der Waals surface area contributed by atoms with Crippen LogP contribution >= 0.6 is 22.9 Å². The lowest BCUT2D eigenvalue weighted by Gasteiger charge is -2.22. The summed E-state index contributed by atoms with van der Waals surface area (Å²) in [5.74, 6) is 0.499. The monoisotopic (exact) mass is 257 g/mol. The Kier molecular flexibility index (Phi) is 2.61. The fraction of sp³-hybridized carbons (Fsp3) is 0.600. The van der Waals surface area contributed by atoms with Gasteiger partial charge in [-0.1, -0.05) is 22.9 Å². The molecule has 86 valence electrons. The SMILES string of the molecule is O=C(N[C@H]1C[C@H]2C[C@@H]1CN2)c1ncc(Cl)s1. The third kappa shape index (κ3) is 1.83. The van der Waals surface area contributed by atoms with Gasteiger partial charge in [0.15, 0.2) is 5.01 Å². The highest BCUT2D eigenvalue weighted by atomic mass is 35.5. The lowest BCUT2D eigenvalue weighted by Crippen LogP contribution is -2.44. The van der Waals surface area contributed by atoms with E-state index in [1.165, 1.54) is 24.0 Å². The van der Waals surface area contributed by atoms with Gasteiger partial charge in [0.1, 0.15) is 4.34 Å². The van der Waals surface area contributed by atoms with Gasteiger partial charge in [0, 0.05) is 18.6 Å². The van der Waals surface area contributed by atoms with Crippen molar-refractivity contribution in [1.82, 2.24) is 15.6 Å². The Balaban J connectivity index is 1.65. The number of nitrogens with one attached hydrogen (secondary N) is 2. The van der Waals surface area contributed by atoms with E-state index in [1.807, 2.05) is 0 Å². The number of thiazole rings is 1. The van der Waals surface area contributed by atoms with Crippen molar-refractivity contribution in [2.24, 2.45) is 5.92 Å². The molecule has 4 nitrogen and oxygen atoms in total. The Hall–Kier alpha value is -0.650. The molecule has 0 spiro atoms. The molecule has 1 aromatic heterocycles. The van der Waals surface area contributed by atoms with Gasteiger partial charge in [0.2, 0.25) is 0 Å². The third-order valence-corrected chi connectivity index (χ3v) is 4.47. The summed E-state index contributed by atoms with van der Waals surface area (Å²) >= 11 is 6.98. The first-order chi connectivity index (χ1) is 7.72. The summed E-state index contributed by atoms with van der Waals surface area (Å²) in [4.78, 5) is 15.8. The lowest BCUT2D eigenvalue weighted by molar-refractivity contribution is 0.0924. The Morgan fingerprint density at radius 1 is 1.62 bits per heavy atom. The molecule has 2 heterocycles. The van der Waals surface area contributed by atoms with E-state index >= 15 is 0 Å². The highest BCUT2D eigenvalue weighted by molar-refractivity contribution is 7.17. The van der Waals surface area contributed by atoms with Crippen LogP contribution in [0.4, 0.5) is 0 Å². The molecule has 0 radical (unpaired) electrons. The van der Waals surface area contributed by atoms with Crippen LogP contribution in [0.5, 0.6) is 0 Å². The van der Waals surface area contributed by atoms with Crippen LogP contribution in [-0.2, 0) is 0 Å². The number of rotatable bonds is 2. The zero-order valence-corrected chi connectivity index (χ0v) is 10.1. The minimum absolute atomic E-state index is 0.0885. The zero-order valence-electron chi connectivity index (χ0n) is 8.57. The molecule has 1 saturated carbocycles. The van der Waals surface area contributed by atoms with Crippen LogP contribution in [0.3, 0.4) is 0 Å². The molecule has 1 aromatic rings. The largest absolute Gasteiger partial charge is 0.347 e. The second-order valence-electron chi connectivity index (χ2n) is 4.39. The summed E-state index contributed by atoms with van der Waals surface area (Å²) in [5.41, 5.74) is 0. The third-order valence-electron chi connectivity index (χ3n) is 3.35. The molecule has 1 aliphatic carbocycles. The maximum absolute atomic E-state index is 11.8. The van der Waals surface area contributed by atoms with Gasteiger partial charge in [0.25, 0.3) is 5.91 Å². The van der Waals surface area contributed by atoms with Crippen LogP contribution < -0.4 is 10.6 Å².